The molecule has 0 aromatic carbocycles. The molecule has 2 heterocycles. The van der Waals surface area contributed by atoms with E-state index in [-0.39, 0.29) is 29.9 Å². The van der Waals surface area contributed by atoms with Gasteiger partial charge < -0.3 is 10.6 Å². The SMILES string of the molecule is Cc1c(C(=O)N2CCCC2CN)cnn1C(C)(C)C.Cl. The standard InChI is InChI=1S/C14H24N4O.ClH/c1-10-12(9-16-18(10)14(2,3)4)13(19)17-7-5-6-11(17)8-15;/h9,11H,5-8,15H2,1-4H3;1H. The van der Waals surface area contributed by atoms with Crippen LogP contribution in [-0.2, 0) is 5.54 Å². The molecule has 2 N–H and O–H groups in total. The molecule has 1 fully saturated rings. The van der Waals surface area contributed by atoms with E-state index in [1.807, 2.05) is 16.5 Å². The highest BCUT2D eigenvalue weighted by Crippen LogP contribution is 2.23. The number of aromatic nitrogens is 2. The summed E-state index contributed by atoms with van der Waals surface area (Å²) >= 11 is 0. The molecule has 0 spiro atoms. The Kier molecular flexibility index (Phi) is 5.21. The summed E-state index contributed by atoms with van der Waals surface area (Å²) in [5, 5.41) is 4.37. The minimum atomic E-state index is -0.110. The Hall–Kier alpha value is -1.07. The van der Waals surface area contributed by atoms with Gasteiger partial charge in [-0.2, -0.15) is 5.10 Å². The van der Waals surface area contributed by atoms with Gasteiger partial charge in [-0.25, -0.2) is 0 Å². The molecule has 1 atom stereocenters. The Morgan fingerprint density at radius 3 is 2.65 bits per heavy atom. The molecule has 0 saturated carbocycles. The Labute approximate surface area is 126 Å². The predicted octanol–water partition coefficient (Wildman–Crippen LogP) is 1.93. The van der Waals surface area contributed by atoms with Gasteiger partial charge in [-0.3, -0.25) is 9.48 Å². The third-order valence-corrected chi connectivity index (χ3v) is 3.79. The summed E-state index contributed by atoms with van der Waals surface area (Å²) in [6.07, 6.45) is 3.74. The van der Waals surface area contributed by atoms with Crippen LogP contribution in [0.2, 0.25) is 0 Å². The lowest BCUT2D eigenvalue weighted by atomic mass is 10.1. The highest BCUT2D eigenvalue weighted by atomic mass is 35.5. The molecule has 1 aromatic heterocycles. The molecule has 1 aliphatic rings. The van der Waals surface area contributed by atoms with Crippen molar-refractivity contribution in [3.05, 3.63) is 17.5 Å². The molecule has 6 heteroatoms. The van der Waals surface area contributed by atoms with Crippen molar-refractivity contribution >= 4 is 18.3 Å². The third kappa shape index (κ3) is 2.99. The quantitative estimate of drug-likeness (QED) is 0.908. The molecule has 1 saturated heterocycles. The van der Waals surface area contributed by atoms with E-state index in [9.17, 15) is 4.79 Å². The number of nitrogens with two attached hydrogens (primary N) is 1. The monoisotopic (exact) mass is 300 g/mol. The fourth-order valence-electron chi connectivity index (χ4n) is 2.80. The van der Waals surface area contributed by atoms with E-state index in [1.165, 1.54) is 0 Å². The molecule has 0 aliphatic carbocycles. The largest absolute Gasteiger partial charge is 0.334 e. The molecule has 114 valence electrons. The maximum absolute atomic E-state index is 12.6. The summed E-state index contributed by atoms with van der Waals surface area (Å²) in [5.74, 6) is 0.0703. The van der Waals surface area contributed by atoms with E-state index in [0.29, 0.717) is 12.1 Å². The van der Waals surface area contributed by atoms with Gasteiger partial charge in [0.2, 0.25) is 0 Å². The van der Waals surface area contributed by atoms with Crippen LogP contribution in [0.3, 0.4) is 0 Å². The molecule has 2 rings (SSSR count). The van der Waals surface area contributed by atoms with Crippen LogP contribution < -0.4 is 5.73 Å². The van der Waals surface area contributed by atoms with E-state index >= 15 is 0 Å². The number of halogens is 1. The first kappa shape index (κ1) is 17.0. The van der Waals surface area contributed by atoms with Crippen LogP contribution in [0.5, 0.6) is 0 Å². The second-order valence-corrected chi connectivity index (χ2v) is 6.26. The van der Waals surface area contributed by atoms with Crippen molar-refractivity contribution in [3.8, 4) is 0 Å². The molecule has 0 radical (unpaired) electrons. The van der Waals surface area contributed by atoms with Crippen LogP contribution in [0, 0.1) is 6.92 Å². The first-order valence-corrected chi connectivity index (χ1v) is 6.92. The summed E-state index contributed by atoms with van der Waals surface area (Å²) in [6, 6.07) is 0.185. The van der Waals surface area contributed by atoms with Gasteiger partial charge >= 0.3 is 0 Å². The number of amides is 1. The second-order valence-electron chi connectivity index (χ2n) is 6.26. The minimum Gasteiger partial charge on any atom is -0.334 e. The van der Waals surface area contributed by atoms with Crippen LogP contribution in [-0.4, -0.2) is 39.7 Å². The van der Waals surface area contributed by atoms with Crippen LogP contribution in [0.25, 0.3) is 0 Å². The average molecular weight is 301 g/mol. The van der Waals surface area contributed by atoms with E-state index in [4.69, 9.17) is 5.73 Å². The number of rotatable bonds is 2. The second kappa shape index (κ2) is 6.14. The maximum atomic E-state index is 12.6. The van der Waals surface area contributed by atoms with Gasteiger partial charge in [-0.05, 0) is 40.5 Å². The van der Waals surface area contributed by atoms with Crippen molar-refractivity contribution in [2.45, 2.75) is 52.1 Å². The zero-order chi connectivity index (χ0) is 14.2. The van der Waals surface area contributed by atoms with Gasteiger partial charge in [0.05, 0.1) is 17.3 Å². The van der Waals surface area contributed by atoms with Crippen molar-refractivity contribution < 1.29 is 4.79 Å². The summed E-state index contributed by atoms with van der Waals surface area (Å²) in [4.78, 5) is 14.5. The first-order chi connectivity index (χ1) is 8.86. The van der Waals surface area contributed by atoms with E-state index in [2.05, 4.69) is 25.9 Å². The molecule has 1 amide bonds. The van der Waals surface area contributed by atoms with Gasteiger partial charge in [-0.15, -0.1) is 12.4 Å². The van der Waals surface area contributed by atoms with Crippen LogP contribution in [0.15, 0.2) is 6.20 Å². The molecule has 20 heavy (non-hydrogen) atoms. The Bertz CT molecular complexity index is 478. The highest BCUT2D eigenvalue weighted by molar-refractivity contribution is 5.95. The summed E-state index contributed by atoms with van der Waals surface area (Å²) in [6.45, 7) is 9.55. The zero-order valence-electron chi connectivity index (χ0n) is 12.7. The van der Waals surface area contributed by atoms with Gasteiger partial charge in [0, 0.05) is 24.8 Å². The van der Waals surface area contributed by atoms with Gasteiger partial charge in [0.15, 0.2) is 0 Å². The summed E-state index contributed by atoms with van der Waals surface area (Å²) in [7, 11) is 0. The first-order valence-electron chi connectivity index (χ1n) is 6.92. The van der Waals surface area contributed by atoms with E-state index in [0.717, 1.165) is 25.1 Å². The van der Waals surface area contributed by atoms with Crippen molar-refractivity contribution in [2.24, 2.45) is 5.73 Å². The predicted molar refractivity (Wildman–Crippen MR) is 82.3 cm³/mol. The molecular weight excluding hydrogens is 276 g/mol. The molecule has 1 aromatic rings. The Morgan fingerprint density at radius 2 is 2.15 bits per heavy atom. The number of carbonyl (C=O) groups excluding carboxylic acids is 1. The summed E-state index contributed by atoms with van der Waals surface area (Å²) < 4.78 is 1.91. The number of likely N-dealkylation sites (tertiary alicyclic amines) is 1. The van der Waals surface area contributed by atoms with Crippen molar-refractivity contribution in [2.75, 3.05) is 13.1 Å². The highest BCUT2D eigenvalue weighted by Gasteiger charge is 2.31. The molecule has 1 aliphatic heterocycles. The average Bonchev–Trinajstić information content (AvgIpc) is 2.92. The number of hydrogen-bond acceptors (Lipinski definition) is 3. The van der Waals surface area contributed by atoms with Crippen molar-refractivity contribution in [1.82, 2.24) is 14.7 Å². The lowest BCUT2D eigenvalue weighted by Crippen LogP contribution is -2.40. The summed E-state index contributed by atoms with van der Waals surface area (Å²) in [5.41, 5.74) is 7.26. The van der Waals surface area contributed by atoms with Crippen LogP contribution in [0.4, 0.5) is 0 Å². The minimum absolute atomic E-state index is 0. The van der Waals surface area contributed by atoms with Crippen molar-refractivity contribution in [1.29, 1.82) is 0 Å². The maximum Gasteiger partial charge on any atom is 0.257 e. The molecular formula is C14H25ClN4O. The van der Waals surface area contributed by atoms with Gasteiger partial charge in [0.1, 0.15) is 0 Å². The number of nitrogens with zero attached hydrogens (tertiary/aromatic N) is 3. The number of carbonyl (C=O) groups is 1. The topological polar surface area (TPSA) is 64.2 Å². The number of hydrogen-bond donors (Lipinski definition) is 1. The fraction of sp³-hybridized carbons (Fsp3) is 0.714. The lowest BCUT2D eigenvalue weighted by molar-refractivity contribution is 0.0740. The molecule has 5 nitrogen and oxygen atoms in total. The zero-order valence-corrected chi connectivity index (χ0v) is 13.5. The fourth-order valence-corrected chi connectivity index (χ4v) is 2.80. The van der Waals surface area contributed by atoms with E-state index in [1.54, 1.807) is 6.20 Å². The smallest absolute Gasteiger partial charge is 0.257 e. The Morgan fingerprint density at radius 1 is 1.50 bits per heavy atom. The molecule has 1 unspecified atom stereocenters. The van der Waals surface area contributed by atoms with Gasteiger partial charge in [-0.1, -0.05) is 0 Å². The van der Waals surface area contributed by atoms with E-state index < -0.39 is 0 Å². The van der Waals surface area contributed by atoms with Gasteiger partial charge in [0.25, 0.3) is 5.91 Å². The third-order valence-electron chi connectivity index (χ3n) is 3.79. The van der Waals surface area contributed by atoms with Crippen LogP contribution >= 0.6 is 12.4 Å². The molecule has 0 bridgehead atoms. The Balaban J connectivity index is 0.00000200. The van der Waals surface area contributed by atoms with Crippen molar-refractivity contribution in [3.63, 3.8) is 0 Å². The normalized spacial score (nSPS) is 19.1. The van der Waals surface area contributed by atoms with Crippen LogP contribution in [0.1, 0.15) is 49.7 Å². The lowest BCUT2D eigenvalue weighted by Gasteiger charge is -2.24.